The van der Waals surface area contributed by atoms with Crippen LogP contribution in [0.4, 0.5) is 0 Å². The molecule has 1 aliphatic carbocycles. The molecule has 2 heteroatoms. The largest absolute Gasteiger partial charge is 0.299 e. The normalized spacial score (nSPS) is 22.2. The van der Waals surface area contributed by atoms with Gasteiger partial charge in [-0.25, -0.2) is 0 Å². The summed E-state index contributed by atoms with van der Waals surface area (Å²) in [6.07, 6.45) is 2.18. The zero-order valence-corrected chi connectivity index (χ0v) is 12.1. The molecule has 1 aromatic carbocycles. The van der Waals surface area contributed by atoms with E-state index in [-0.39, 0.29) is 0 Å². The number of benzene rings is 1. The second-order valence-corrected chi connectivity index (χ2v) is 6.03. The van der Waals surface area contributed by atoms with Crippen molar-refractivity contribution in [3.63, 3.8) is 0 Å². The Morgan fingerprint density at radius 1 is 1.21 bits per heavy atom. The molecular weight excluding hydrogens is 234 g/mol. The van der Waals surface area contributed by atoms with Gasteiger partial charge in [-0.05, 0) is 30.7 Å². The third-order valence-corrected chi connectivity index (χ3v) is 3.59. The van der Waals surface area contributed by atoms with Gasteiger partial charge >= 0.3 is 0 Å². The van der Waals surface area contributed by atoms with Gasteiger partial charge in [0.15, 0.2) is 0 Å². The van der Waals surface area contributed by atoms with Gasteiger partial charge in [0.2, 0.25) is 0 Å². The minimum absolute atomic E-state index is 0.327. The summed E-state index contributed by atoms with van der Waals surface area (Å²) in [4.78, 5) is 16.5. The number of ketones is 1. The van der Waals surface area contributed by atoms with Crippen LogP contribution in [-0.2, 0) is 4.79 Å². The highest BCUT2D eigenvalue weighted by atomic mass is 16.1. The Bertz CT molecular complexity index is 471. The second kappa shape index (κ2) is 6.14. The molecule has 1 saturated carbocycles. The molecule has 0 aliphatic heterocycles. The number of Topliss-reactive ketones (excluding diaryl/α,β-unsaturated/α-hetero) is 1. The van der Waals surface area contributed by atoms with Crippen molar-refractivity contribution in [1.82, 2.24) is 0 Å². The van der Waals surface area contributed by atoms with E-state index in [1.165, 1.54) is 11.1 Å². The maximum absolute atomic E-state index is 11.9. The number of aliphatic imine (C=N–C) groups is 1. The fourth-order valence-corrected chi connectivity index (χ4v) is 2.51. The summed E-state index contributed by atoms with van der Waals surface area (Å²) in [5.74, 6) is 1.22. The Morgan fingerprint density at radius 2 is 1.89 bits per heavy atom. The van der Waals surface area contributed by atoms with E-state index in [0.29, 0.717) is 30.5 Å². The fourth-order valence-electron chi connectivity index (χ4n) is 2.51. The number of hydrogen-bond acceptors (Lipinski definition) is 2. The van der Waals surface area contributed by atoms with E-state index >= 15 is 0 Å². The first kappa shape index (κ1) is 14.0. The van der Waals surface area contributed by atoms with Crippen LogP contribution in [0.15, 0.2) is 29.3 Å². The standard InChI is InChI=1S/C17H23NO/c1-12(2)11-18-16-8-15(9-17(19)10-16)14-6-4-13(3)5-7-14/h4-7,12,15H,8-11H2,1-3H3/t15-/m0/s1. The molecule has 0 N–H and O–H groups in total. The Balaban J connectivity index is 2.11. The lowest BCUT2D eigenvalue weighted by Crippen LogP contribution is -2.22. The summed E-state index contributed by atoms with van der Waals surface area (Å²) in [5, 5.41) is 0. The van der Waals surface area contributed by atoms with E-state index in [2.05, 4.69) is 50.0 Å². The number of hydrogen-bond donors (Lipinski definition) is 0. The van der Waals surface area contributed by atoms with Gasteiger partial charge in [0.05, 0.1) is 0 Å². The Kier molecular flexibility index (Phi) is 4.52. The molecule has 19 heavy (non-hydrogen) atoms. The van der Waals surface area contributed by atoms with E-state index in [9.17, 15) is 4.79 Å². The van der Waals surface area contributed by atoms with Gasteiger partial charge in [-0.1, -0.05) is 43.7 Å². The summed E-state index contributed by atoms with van der Waals surface area (Å²) in [7, 11) is 0. The maximum atomic E-state index is 11.9. The molecule has 0 radical (unpaired) electrons. The predicted octanol–water partition coefficient (Wildman–Crippen LogP) is 3.93. The van der Waals surface area contributed by atoms with Crippen LogP contribution in [0, 0.1) is 12.8 Å². The first-order chi connectivity index (χ1) is 9.04. The van der Waals surface area contributed by atoms with E-state index in [1.807, 2.05) is 0 Å². The van der Waals surface area contributed by atoms with Crippen molar-refractivity contribution in [2.24, 2.45) is 10.9 Å². The van der Waals surface area contributed by atoms with Gasteiger partial charge in [0, 0.05) is 25.1 Å². The average molecular weight is 257 g/mol. The highest BCUT2D eigenvalue weighted by Gasteiger charge is 2.25. The van der Waals surface area contributed by atoms with Gasteiger partial charge in [0.1, 0.15) is 5.78 Å². The van der Waals surface area contributed by atoms with E-state index < -0.39 is 0 Å². The molecule has 0 spiro atoms. The summed E-state index contributed by atoms with van der Waals surface area (Å²) < 4.78 is 0. The molecule has 0 unspecified atom stereocenters. The van der Waals surface area contributed by atoms with Gasteiger partial charge in [0.25, 0.3) is 0 Å². The zero-order valence-electron chi connectivity index (χ0n) is 12.1. The Morgan fingerprint density at radius 3 is 2.53 bits per heavy atom. The Hall–Kier alpha value is -1.44. The first-order valence-electron chi connectivity index (χ1n) is 7.15. The van der Waals surface area contributed by atoms with Crippen LogP contribution in [0.3, 0.4) is 0 Å². The van der Waals surface area contributed by atoms with Crippen LogP contribution in [0.25, 0.3) is 0 Å². The van der Waals surface area contributed by atoms with Crippen molar-refractivity contribution in [3.8, 4) is 0 Å². The van der Waals surface area contributed by atoms with Crippen LogP contribution in [0.5, 0.6) is 0 Å². The molecule has 2 rings (SSSR count). The monoisotopic (exact) mass is 257 g/mol. The first-order valence-corrected chi connectivity index (χ1v) is 7.15. The highest BCUT2D eigenvalue weighted by molar-refractivity contribution is 6.05. The van der Waals surface area contributed by atoms with Crippen molar-refractivity contribution in [1.29, 1.82) is 0 Å². The van der Waals surface area contributed by atoms with Gasteiger partial charge in [-0.3, -0.25) is 9.79 Å². The average Bonchev–Trinajstić information content (AvgIpc) is 2.36. The number of aryl methyl sites for hydroxylation is 1. The van der Waals surface area contributed by atoms with E-state index in [4.69, 9.17) is 0 Å². The third kappa shape index (κ3) is 4.02. The molecular formula is C17H23NO. The van der Waals surface area contributed by atoms with E-state index in [1.54, 1.807) is 0 Å². The Labute approximate surface area is 115 Å². The van der Waals surface area contributed by atoms with Crippen LogP contribution < -0.4 is 0 Å². The molecule has 0 saturated heterocycles. The fraction of sp³-hybridized carbons (Fsp3) is 0.529. The lowest BCUT2D eigenvalue weighted by atomic mass is 9.82. The van der Waals surface area contributed by atoms with Crippen LogP contribution in [0.2, 0.25) is 0 Å². The molecule has 0 bridgehead atoms. The number of carbonyl (C=O) groups excluding carboxylic acids is 1. The number of nitrogens with zero attached hydrogens (tertiary/aromatic N) is 1. The SMILES string of the molecule is Cc1ccc([C@@H]2CC(=O)CC(=NCC(C)C)C2)cc1. The topological polar surface area (TPSA) is 29.4 Å². The lowest BCUT2D eigenvalue weighted by molar-refractivity contribution is -0.118. The maximum Gasteiger partial charge on any atom is 0.139 e. The van der Waals surface area contributed by atoms with Crippen molar-refractivity contribution < 1.29 is 4.79 Å². The molecule has 0 heterocycles. The number of rotatable bonds is 3. The second-order valence-electron chi connectivity index (χ2n) is 6.03. The minimum Gasteiger partial charge on any atom is -0.299 e. The van der Waals surface area contributed by atoms with Crippen LogP contribution in [-0.4, -0.2) is 18.0 Å². The molecule has 0 aromatic heterocycles. The molecule has 1 fully saturated rings. The summed E-state index contributed by atoms with van der Waals surface area (Å²) >= 11 is 0. The number of carbonyl (C=O) groups is 1. The van der Waals surface area contributed by atoms with Crippen molar-refractivity contribution in [2.45, 2.75) is 46.0 Å². The van der Waals surface area contributed by atoms with Gasteiger partial charge < -0.3 is 0 Å². The molecule has 0 amide bonds. The lowest BCUT2D eigenvalue weighted by Gasteiger charge is -2.23. The van der Waals surface area contributed by atoms with Crippen molar-refractivity contribution in [2.75, 3.05) is 6.54 Å². The zero-order chi connectivity index (χ0) is 13.8. The quantitative estimate of drug-likeness (QED) is 0.806. The van der Waals surface area contributed by atoms with Crippen molar-refractivity contribution >= 4 is 11.5 Å². The highest BCUT2D eigenvalue weighted by Crippen LogP contribution is 2.30. The molecule has 1 atom stereocenters. The molecule has 1 aromatic rings. The van der Waals surface area contributed by atoms with Gasteiger partial charge in [-0.15, -0.1) is 0 Å². The summed E-state index contributed by atoms with van der Waals surface area (Å²) in [5.41, 5.74) is 3.63. The van der Waals surface area contributed by atoms with Crippen LogP contribution >= 0.6 is 0 Å². The minimum atomic E-state index is 0.327. The molecule has 2 nitrogen and oxygen atoms in total. The molecule has 1 aliphatic rings. The molecule has 102 valence electrons. The predicted molar refractivity (Wildman–Crippen MR) is 79.9 cm³/mol. The van der Waals surface area contributed by atoms with Gasteiger partial charge in [-0.2, -0.15) is 0 Å². The van der Waals surface area contributed by atoms with Crippen LogP contribution in [0.1, 0.15) is 50.2 Å². The smallest absolute Gasteiger partial charge is 0.139 e. The van der Waals surface area contributed by atoms with E-state index in [0.717, 1.165) is 18.7 Å². The third-order valence-electron chi connectivity index (χ3n) is 3.59. The summed E-state index contributed by atoms with van der Waals surface area (Å²) in [6, 6.07) is 8.55. The van der Waals surface area contributed by atoms with Crippen molar-refractivity contribution in [3.05, 3.63) is 35.4 Å². The summed E-state index contributed by atoms with van der Waals surface area (Å²) in [6.45, 7) is 7.24.